The van der Waals surface area contributed by atoms with E-state index in [1.54, 1.807) is 17.5 Å². The molecular weight excluding hydrogens is 391 g/mol. The molecule has 1 aromatic carbocycles. The Morgan fingerprint density at radius 1 is 1.23 bits per heavy atom. The van der Waals surface area contributed by atoms with Crippen LogP contribution >= 0.6 is 11.3 Å². The molecule has 0 fully saturated rings. The fraction of sp³-hybridized carbons (Fsp3) is 0.133. The Balaban J connectivity index is 2.22. The van der Waals surface area contributed by atoms with Crippen LogP contribution in [0.5, 0.6) is 0 Å². The third kappa shape index (κ3) is 3.51. The van der Waals surface area contributed by atoms with Gasteiger partial charge in [-0.15, -0.1) is 11.3 Å². The first-order valence-corrected chi connectivity index (χ1v) is 9.52. The number of halogens is 3. The maximum Gasteiger partial charge on any atom is 0.435 e. The minimum atomic E-state index is -4.64. The van der Waals surface area contributed by atoms with Crippen molar-refractivity contribution in [2.75, 3.05) is 0 Å². The predicted molar refractivity (Wildman–Crippen MR) is 89.2 cm³/mol. The van der Waals surface area contributed by atoms with Gasteiger partial charge in [0.1, 0.15) is 0 Å². The van der Waals surface area contributed by atoms with E-state index < -0.39 is 28.5 Å². The van der Waals surface area contributed by atoms with Crippen molar-refractivity contribution in [2.24, 2.45) is 5.14 Å². The summed E-state index contributed by atoms with van der Waals surface area (Å²) in [6.45, 7) is -0.651. The number of benzene rings is 1. The van der Waals surface area contributed by atoms with Gasteiger partial charge in [-0.1, -0.05) is 6.07 Å². The monoisotopic (exact) mass is 403 g/mol. The van der Waals surface area contributed by atoms with E-state index in [1.807, 2.05) is 0 Å². The largest absolute Gasteiger partial charge is 0.435 e. The number of hydrogen-bond donors (Lipinski definition) is 2. The van der Waals surface area contributed by atoms with Crippen molar-refractivity contribution >= 4 is 21.4 Å². The molecule has 2 heterocycles. The minimum Gasteiger partial charge on any atom is -0.392 e. The van der Waals surface area contributed by atoms with Crippen LogP contribution in [0.25, 0.3) is 16.3 Å². The highest BCUT2D eigenvalue weighted by atomic mass is 32.2. The molecule has 3 aromatic rings. The lowest BCUT2D eigenvalue weighted by Crippen LogP contribution is -2.15. The second-order valence-electron chi connectivity index (χ2n) is 5.30. The van der Waals surface area contributed by atoms with Crippen LogP contribution in [-0.4, -0.2) is 23.3 Å². The molecule has 3 rings (SSSR count). The summed E-state index contributed by atoms with van der Waals surface area (Å²) >= 11 is 1.23. The highest BCUT2D eigenvalue weighted by Crippen LogP contribution is 2.35. The first-order chi connectivity index (χ1) is 12.1. The fourth-order valence-corrected chi connectivity index (χ4v) is 3.89. The molecule has 0 aliphatic carbocycles. The normalized spacial score (nSPS) is 12.5. The van der Waals surface area contributed by atoms with E-state index in [0.717, 1.165) is 16.8 Å². The van der Waals surface area contributed by atoms with E-state index in [0.29, 0.717) is 4.88 Å². The lowest BCUT2D eigenvalue weighted by Gasteiger charge is -2.11. The number of aliphatic hydroxyl groups is 1. The van der Waals surface area contributed by atoms with Crippen LogP contribution < -0.4 is 5.14 Å². The standard InChI is InChI=1S/C15H12F3N3O3S2/c16-15(17,18)14-7-11(12-2-1-5-25-12)21(20-14)10-3-4-13(26(19,23)24)9(6-10)8-22/h1-7,22H,8H2,(H2,19,23,24). The summed E-state index contributed by atoms with van der Waals surface area (Å²) in [6, 6.07) is 7.90. The number of thiophene rings is 1. The van der Waals surface area contributed by atoms with Gasteiger partial charge in [-0.2, -0.15) is 18.3 Å². The summed E-state index contributed by atoms with van der Waals surface area (Å²) in [5.74, 6) is 0. The molecule has 6 nitrogen and oxygen atoms in total. The maximum absolute atomic E-state index is 13.1. The first-order valence-electron chi connectivity index (χ1n) is 7.09. The van der Waals surface area contributed by atoms with Gasteiger partial charge in [-0.25, -0.2) is 18.2 Å². The topological polar surface area (TPSA) is 98.2 Å². The van der Waals surface area contributed by atoms with Crippen molar-refractivity contribution in [1.82, 2.24) is 9.78 Å². The van der Waals surface area contributed by atoms with E-state index in [4.69, 9.17) is 5.14 Å². The molecule has 0 aliphatic heterocycles. The van der Waals surface area contributed by atoms with Crippen LogP contribution in [0.15, 0.2) is 46.7 Å². The van der Waals surface area contributed by atoms with Crippen molar-refractivity contribution in [3.63, 3.8) is 0 Å². The van der Waals surface area contributed by atoms with Crippen LogP contribution in [0.1, 0.15) is 11.3 Å². The van der Waals surface area contributed by atoms with Crippen molar-refractivity contribution in [2.45, 2.75) is 17.7 Å². The van der Waals surface area contributed by atoms with Crippen molar-refractivity contribution in [3.05, 3.63) is 53.0 Å². The third-order valence-electron chi connectivity index (χ3n) is 3.54. The number of rotatable bonds is 4. The number of hydrogen-bond acceptors (Lipinski definition) is 5. The summed E-state index contributed by atoms with van der Waals surface area (Å²) in [4.78, 5) is 0.249. The van der Waals surface area contributed by atoms with Crippen LogP contribution in [0, 0.1) is 0 Å². The molecule has 138 valence electrons. The summed E-state index contributed by atoms with van der Waals surface area (Å²) in [7, 11) is -4.08. The molecule has 0 amide bonds. The Morgan fingerprint density at radius 2 is 1.96 bits per heavy atom. The quantitative estimate of drug-likeness (QED) is 0.700. The van der Waals surface area contributed by atoms with Gasteiger partial charge in [0.05, 0.1) is 27.8 Å². The zero-order valence-corrected chi connectivity index (χ0v) is 14.6. The molecule has 3 N–H and O–H groups in total. The van der Waals surface area contributed by atoms with Crippen LogP contribution in [0.3, 0.4) is 0 Å². The number of aromatic nitrogens is 2. The van der Waals surface area contributed by atoms with Gasteiger partial charge in [-0.05, 0) is 41.3 Å². The number of sulfonamides is 1. The van der Waals surface area contributed by atoms with Gasteiger partial charge < -0.3 is 5.11 Å². The molecule has 0 saturated carbocycles. The van der Waals surface area contributed by atoms with E-state index in [-0.39, 0.29) is 21.8 Å². The molecule has 0 spiro atoms. The van der Waals surface area contributed by atoms with Crippen LogP contribution in [-0.2, 0) is 22.8 Å². The van der Waals surface area contributed by atoms with E-state index in [2.05, 4.69) is 5.10 Å². The molecular formula is C15H12F3N3O3S2. The third-order valence-corrected chi connectivity index (χ3v) is 5.44. The van der Waals surface area contributed by atoms with Gasteiger partial charge in [0.25, 0.3) is 0 Å². The Labute approximate surface area is 150 Å². The van der Waals surface area contributed by atoms with Gasteiger partial charge in [-0.3, -0.25) is 0 Å². The molecule has 26 heavy (non-hydrogen) atoms. The predicted octanol–water partition coefficient (Wildman–Crippen LogP) is 2.76. The Hall–Kier alpha value is -2.21. The number of nitrogens with two attached hydrogens (primary N) is 1. The van der Waals surface area contributed by atoms with Crippen LogP contribution in [0.2, 0.25) is 0 Å². The molecule has 11 heteroatoms. The summed E-state index contributed by atoms with van der Waals surface area (Å²) in [6.07, 6.45) is -4.64. The second kappa shape index (κ2) is 6.50. The highest BCUT2D eigenvalue weighted by Gasteiger charge is 2.35. The summed E-state index contributed by atoms with van der Waals surface area (Å²) < 4.78 is 63.4. The Kier molecular flexibility index (Phi) is 4.65. The van der Waals surface area contributed by atoms with Gasteiger partial charge >= 0.3 is 6.18 Å². The van der Waals surface area contributed by atoms with Gasteiger partial charge in [0.15, 0.2) is 5.69 Å². The maximum atomic E-state index is 13.1. The molecule has 0 aliphatic rings. The number of primary sulfonamides is 1. The highest BCUT2D eigenvalue weighted by molar-refractivity contribution is 7.89. The van der Waals surface area contributed by atoms with Crippen molar-refractivity contribution < 1.29 is 26.7 Å². The molecule has 0 atom stereocenters. The fourth-order valence-electron chi connectivity index (χ4n) is 2.42. The molecule has 0 unspecified atom stereocenters. The number of nitrogens with zero attached hydrogens (tertiary/aromatic N) is 2. The van der Waals surface area contributed by atoms with E-state index >= 15 is 0 Å². The van der Waals surface area contributed by atoms with Crippen LogP contribution in [0.4, 0.5) is 13.2 Å². The number of aliphatic hydroxyl groups excluding tert-OH is 1. The Morgan fingerprint density at radius 3 is 2.50 bits per heavy atom. The summed E-state index contributed by atoms with van der Waals surface area (Å²) in [5.41, 5.74) is -0.756. The van der Waals surface area contributed by atoms with Gasteiger partial charge in [0, 0.05) is 0 Å². The molecule has 0 saturated heterocycles. The van der Waals surface area contributed by atoms with Crippen molar-refractivity contribution in [3.8, 4) is 16.3 Å². The van der Waals surface area contributed by atoms with Gasteiger partial charge in [0.2, 0.25) is 10.0 Å². The minimum absolute atomic E-state index is 0.0359. The second-order valence-corrected chi connectivity index (χ2v) is 7.77. The molecule has 0 bridgehead atoms. The zero-order valence-electron chi connectivity index (χ0n) is 12.9. The van der Waals surface area contributed by atoms with Crippen molar-refractivity contribution in [1.29, 1.82) is 0 Å². The molecule has 2 aromatic heterocycles. The average Bonchev–Trinajstić information content (AvgIpc) is 3.21. The lowest BCUT2D eigenvalue weighted by molar-refractivity contribution is -0.141. The zero-order chi connectivity index (χ0) is 19.1. The average molecular weight is 403 g/mol. The molecule has 0 radical (unpaired) electrons. The Bertz CT molecular complexity index is 1040. The SMILES string of the molecule is NS(=O)(=O)c1ccc(-n2nc(C(F)(F)F)cc2-c2cccs2)cc1CO. The number of alkyl halides is 3. The lowest BCUT2D eigenvalue weighted by atomic mass is 10.2. The van der Waals surface area contributed by atoms with E-state index in [9.17, 15) is 26.7 Å². The van der Waals surface area contributed by atoms with E-state index in [1.165, 1.54) is 23.5 Å². The smallest absolute Gasteiger partial charge is 0.392 e. The first kappa shape index (κ1) is 18.6. The summed E-state index contributed by atoms with van der Waals surface area (Å²) in [5, 5.41) is 19.8.